The highest BCUT2D eigenvalue weighted by molar-refractivity contribution is 5.89. The molecule has 2 aromatic carbocycles. The van der Waals surface area contributed by atoms with E-state index in [-0.39, 0.29) is 37.5 Å². The molecule has 0 heterocycles. The molecule has 0 aliphatic rings. The molecule has 12 heteroatoms. The SMILES string of the molecule is O=C(O)CCC(=O)N[C@@H](Cc1ccccc1)C(=O)NCCCCCCCCCCCCNC(=O)[C@H](Cc1ccccc1)NC(=O)CCC(=O)O. The monoisotopic (exact) mass is 694 g/mol. The maximum absolute atomic E-state index is 12.8. The van der Waals surface area contributed by atoms with Gasteiger partial charge in [0.25, 0.3) is 0 Å². The molecule has 0 unspecified atom stereocenters. The fourth-order valence-electron chi connectivity index (χ4n) is 5.43. The Labute approximate surface area is 295 Å². The Bertz CT molecular complexity index is 1220. The zero-order valence-electron chi connectivity index (χ0n) is 29.0. The largest absolute Gasteiger partial charge is 0.481 e. The van der Waals surface area contributed by atoms with Gasteiger partial charge in [0.2, 0.25) is 23.6 Å². The van der Waals surface area contributed by atoms with Crippen LogP contribution in [0, 0.1) is 0 Å². The van der Waals surface area contributed by atoms with E-state index in [2.05, 4.69) is 21.3 Å². The number of nitrogens with one attached hydrogen (secondary N) is 4. The summed E-state index contributed by atoms with van der Waals surface area (Å²) in [5.74, 6) is -3.59. The van der Waals surface area contributed by atoms with Crippen LogP contribution in [0.15, 0.2) is 60.7 Å². The Morgan fingerprint density at radius 3 is 1.10 bits per heavy atom. The number of rotatable bonds is 27. The summed E-state index contributed by atoms with van der Waals surface area (Å²) in [5, 5.41) is 28.9. The Balaban J connectivity index is 1.55. The average molecular weight is 695 g/mol. The first-order chi connectivity index (χ1) is 24.1. The maximum atomic E-state index is 12.8. The number of hydrogen-bond donors (Lipinski definition) is 6. The Kier molecular flexibility index (Phi) is 20.9. The summed E-state index contributed by atoms with van der Waals surface area (Å²) in [4.78, 5) is 71.7. The van der Waals surface area contributed by atoms with Gasteiger partial charge in [-0.25, -0.2) is 0 Å². The van der Waals surface area contributed by atoms with Crippen molar-refractivity contribution in [2.75, 3.05) is 13.1 Å². The molecule has 4 amide bonds. The van der Waals surface area contributed by atoms with E-state index in [9.17, 15) is 28.8 Å². The van der Waals surface area contributed by atoms with Gasteiger partial charge in [-0.1, -0.05) is 112 Å². The molecule has 0 radical (unpaired) electrons. The topological polar surface area (TPSA) is 191 Å². The minimum absolute atomic E-state index is 0.177. The zero-order valence-corrected chi connectivity index (χ0v) is 29.0. The maximum Gasteiger partial charge on any atom is 0.303 e. The second kappa shape index (κ2) is 25.3. The molecule has 0 aliphatic heterocycles. The number of amides is 4. The van der Waals surface area contributed by atoms with Crippen LogP contribution in [0.3, 0.4) is 0 Å². The lowest BCUT2D eigenvalue weighted by Gasteiger charge is -2.18. The van der Waals surface area contributed by atoms with Crippen LogP contribution in [0.4, 0.5) is 0 Å². The number of carbonyl (C=O) groups excluding carboxylic acids is 4. The van der Waals surface area contributed by atoms with Crippen LogP contribution in [0.5, 0.6) is 0 Å². The summed E-state index contributed by atoms with van der Waals surface area (Å²) in [5.41, 5.74) is 1.81. The van der Waals surface area contributed by atoms with Gasteiger partial charge in [-0.15, -0.1) is 0 Å². The number of unbranched alkanes of at least 4 members (excludes halogenated alkanes) is 9. The minimum atomic E-state index is -1.06. The average Bonchev–Trinajstić information content (AvgIpc) is 3.10. The standard InChI is InChI=1S/C38H54N4O8/c43-33(21-23-35(45)46)41-31(27-29-17-11-9-12-18-29)37(49)39-25-15-7-5-3-1-2-4-6-8-16-26-40-38(50)32(28-30-19-13-10-14-20-30)42-34(44)22-24-36(47)48/h9-14,17-20,31-32H,1-8,15-16,21-28H2,(H,39,49)(H,40,50)(H,41,43)(H,42,44)(H,45,46)(H,47,48)/t31-,32-/m0/s1. The molecule has 12 nitrogen and oxygen atoms in total. The molecule has 6 N–H and O–H groups in total. The molecule has 0 fully saturated rings. The molecule has 50 heavy (non-hydrogen) atoms. The first kappa shape index (κ1) is 41.4. The molecule has 2 aromatic rings. The van der Waals surface area contributed by atoms with Crippen LogP contribution in [0.25, 0.3) is 0 Å². The fourth-order valence-corrected chi connectivity index (χ4v) is 5.43. The second-order valence-corrected chi connectivity index (χ2v) is 12.5. The van der Waals surface area contributed by atoms with Crippen molar-refractivity contribution in [1.29, 1.82) is 0 Å². The van der Waals surface area contributed by atoms with Gasteiger partial charge in [-0.2, -0.15) is 0 Å². The van der Waals surface area contributed by atoms with Gasteiger partial charge >= 0.3 is 11.9 Å². The highest BCUT2D eigenvalue weighted by atomic mass is 16.4. The van der Waals surface area contributed by atoms with Crippen molar-refractivity contribution in [2.45, 2.75) is 115 Å². The van der Waals surface area contributed by atoms with E-state index >= 15 is 0 Å². The van der Waals surface area contributed by atoms with Crippen molar-refractivity contribution >= 4 is 35.6 Å². The van der Waals surface area contributed by atoms with Crippen LogP contribution in [0.2, 0.25) is 0 Å². The molecule has 274 valence electrons. The molecule has 2 rings (SSSR count). The Morgan fingerprint density at radius 2 is 0.780 bits per heavy atom. The Hall–Kier alpha value is -4.74. The summed E-state index contributed by atoms with van der Waals surface area (Å²) in [6.07, 6.45) is 9.99. The molecule has 2 atom stereocenters. The van der Waals surface area contributed by atoms with E-state index in [1.54, 1.807) is 0 Å². The Morgan fingerprint density at radius 1 is 0.460 bits per heavy atom. The van der Waals surface area contributed by atoms with Gasteiger partial charge in [0.15, 0.2) is 0 Å². The number of carboxylic acid groups (broad SMARTS) is 2. The van der Waals surface area contributed by atoms with Crippen LogP contribution < -0.4 is 21.3 Å². The van der Waals surface area contributed by atoms with E-state index in [0.29, 0.717) is 25.9 Å². The molecule has 0 saturated carbocycles. The fraction of sp³-hybridized carbons (Fsp3) is 0.526. The molecule has 0 spiro atoms. The van der Waals surface area contributed by atoms with E-state index in [4.69, 9.17) is 10.2 Å². The van der Waals surface area contributed by atoms with E-state index < -0.39 is 35.8 Å². The smallest absolute Gasteiger partial charge is 0.303 e. The number of carboxylic acids is 2. The van der Waals surface area contributed by atoms with Gasteiger partial charge in [-0.05, 0) is 24.0 Å². The predicted octanol–water partition coefficient (Wildman–Crippen LogP) is 4.30. The van der Waals surface area contributed by atoms with Crippen molar-refractivity contribution in [1.82, 2.24) is 21.3 Å². The summed E-state index contributed by atoms with van der Waals surface area (Å²) < 4.78 is 0. The first-order valence-corrected chi connectivity index (χ1v) is 17.8. The van der Waals surface area contributed by atoms with E-state index in [1.165, 1.54) is 0 Å². The highest BCUT2D eigenvalue weighted by Crippen LogP contribution is 2.11. The number of carbonyl (C=O) groups is 6. The van der Waals surface area contributed by atoms with Gasteiger partial charge < -0.3 is 31.5 Å². The third kappa shape index (κ3) is 19.9. The van der Waals surface area contributed by atoms with Crippen molar-refractivity contribution in [3.8, 4) is 0 Å². The zero-order chi connectivity index (χ0) is 36.4. The predicted molar refractivity (Wildman–Crippen MR) is 190 cm³/mol. The van der Waals surface area contributed by atoms with Crippen molar-refractivity contribution in [3.63, 3.8) is 0 Å². The molecule has 0 aromatic heterocycles. The van der Waals surface area contributed by atoms with Crippen LogP contribution >= 0.6 is 0 Å². The lowest BCUT2D eigenvalue weighted by Crippen LogP contribution is -2.48. The lowest BCUT2D eigenvalue weighted by molar-refractivity contribution is -0.139. The summed E-state index contributed by atoms with van der Waals surface area (Å²) in [6.45, 7) is 1.02. The number of aliphatic carboxylic acids is 2. The number of benzene rings is 2. The normalized spacial score (nSPS) is 11.9. The van der Waals surface area contributed by atoms with Crippen molar-refractivity contribution in [2.24, 2.45) is 0 Å². The number of hydrogen-bond acceptors (Lipinski definition) is 6. The van der Waals surface area contributed by atoms with Crippen LogP contribution in [0.1, 0.15) is 101 Å². The lowest BCUT2D eigenvalue weighted by atomic mass is 10.0. The van der Waals surface area contributed by atoms with Crippen molar-refractivity contribution < 1.29 is 39.0 Å². The van der Waals surface area contributed by atoms with Crippen molar-refractivity contribution in [3.05, 3.63) is 71.8 Å². The van der Waals surface area contributed by atoms with Crippen LogP contribution in [-0.4, -0.2) is 71.0 Å². The summed E-state index contributed by atoms with van der Waals surface area (Å²) >= 11 is 0. The van der Waals surface area contributed by atoms with Gasteiger partial charge in [0.05, 0.1) is 12.8 Å². The van der Waals surface area contributed by atoms with Gasteiger partial charge in [-0.3, -0.25) is 28.8 Å². The minimum Gasteiger partial charge on any atom is -0.481 e. The van der Waals surface area contributed by atoms with Gasteiger partial charge in [0, 0.05) is 38.8 Å². The van der Waals surface area contributed by atoms with E-state index in [1.807, 2.05) is 60.7 Å². The second-order valence-electron chi connectivity index (χ2n) is 12.5. The van der Waals surface area contributed by atoms with Crippen LogP contribution in [-0.2, 0) is 41.6 Å². The molecule has 0 saturated heterocycles. The molecule has 0 aliphatic carbocycles. The quantitative estimate of drug-likeness (QED) is 0.0746. The molecular formula is C38H54N4O8. The first-order valence-electron chi connectivity index (χ1n) is 17.8. The summed E-state index contributed by atoms with van der Waals surface area (Å²) in [6, 6.07) is 17.2. The van der Waals surface area contributed by atoms with Gasteiger partial charge in [0.1, 0.15) is 12.1 Å². The third-order valence-corrected chi connectivity index (χ3v) is 8.20. The molecule has 0 bridgehead atoms. The molecular weight excluding hydrogens is 640 g/mol. The van der Waals surface area contributed by atoms with E-state index in [0.717, 1.165) is 75.3 Å². The highest BCUT2D eigenvalue weighted by Gasteiger charge is 2.22. The summed E-state index contributed by atoms with van der Waals surface area (Å²) in [7, 11) is 0. The third-order valence-electron chi connectivity index (χ3n) is 8.20.